The highest BCUT2D eigenvalue weighted by molar-refractivity contribution is 5.22. The maximum atomic E-state index is 2.56. The van der Waals surface area contributed by atoms with Crippen molar-refractivity contribution in [3.63, 3.8) is 0 Å². The molecule has 2 rings (SSSR count). The molecule has 0 amide bonds. The summed E-state index contributed by atoms with van der Waals surface area (Å²) < 4.78 is 0. The van der Waals surface area contributed by atoms with E-state index in [1.54, 1.807) is 0 Å². The van der Waals surface area contributed by atoms with Crippen LogP contribution >= 0.6 is 0 Å². The van der Waals surface area contributed by atoms with Crippen LogP contribution in [0.25, 0.3) is 0 Å². The Balaban J connectivity index is 0.000000956. The van der Waals surface area contributed by atoms with Crippen molar-refractivity contribution in [2.75, 3.05) is 33.2 Å². The Morgan fingerprint density at radius 1 is 0.900 bits per heavy atom. The number of piperazine rings is 1. The van der Waals surface area contributed by atoms with Gasteiger partial charge in [0.1, 0.15) is 0 Å². The van der Waals surface area contributed by atoms with E-state index in [9.17, 15) is 0 Å². The molecule has 0 bridgehead atoms. The second kappa shape index (κ2) is 9.95. The zero-order valence-electron chi connectivity index (χ0n) is 13.9. The highest BCUT2D eigenvalue weighted by Gasteiger charge is 2.13. The van der Waals surface area contributed by atoms with E-state index in [4.69, 9.17) is 0 Å². The van der Waals surface area contributed by atoms with Gasteiger partial charge in [-0.25, -0.2) is 0 Å². The van der Waals surface area contributed by atoms with Gasteiger partial charge in [-0.05, 0) is 31.0 Å². The zero-order valence-corrected chi connectivity index (χ0v) is 13.9. The SMILES string of the molecule is CC.CCCCc1ccc(CN2CCN(C)CC2)cc1. The number of benzene rings is 1. The van der Waals surface area contributed by atoms with Gasteiger partial charge < -0.3 is 4.90 Å². The van der Waals surface area contributed by atoms with Crippen LogP contribution in [0, 0.1) is 0 Å². The number of hydrogen-bond donors (Lipinski definition) is 0. The number of rotatable bonds is 5. The van der Waals surface area contributed by atoms with Gasteiger partial charge in [0.25, 0.3) is 0 Å². The fourth-order valence-electron chi connectivity index (χ4n) is 2.46. The smallest absolute Gasteiger partial charge is 0.0234 e. The molecule has 1 saturated heterocycles. The Bertz CT molecular complexity index is 337. The van der Waals surface area contributed by atoms with E-state index in [0.29, 0.717) is 0 Å². The number of likely N-dealkylation sites (N-methyl/N-ethyl adjacent to an activating group) is 1. The molecular weight excluding hydrogens is 244 g/mol. The van der Waals surface area contributed by atoms with E-state index in [0.717, 1.165) is 6.54 Å². The Kier molecular flexibility index (Phi) is 8.56. The first-order valence-electron chi connectivity index (χ1n) is 8.26. The van der Waals surface area contributed by atoms with Crippen molar-refractivity contribution in [3.05, 3.63) is 35.4 Å². The van der Waals surface area contributed by atoms with Gasteiger partial charge in [-0.15, -0.1) is 0 Å². The summed E-state index contributed by atoms with van der Waals surface area (Å²) in [6, 6.07) is 9.23. The molecule has 1 heterocycles. The molecule has 0 unspecified atom stereocenters. The first-order valence-corrected chi connectivity index (χ1v) is 8.26. The fraction of sp³-hybridized carbons (Fsp3) is 0.667. The number of unbranched alkanes of at least 4 members (excludes halogenated alkanes) is 1. The summed E-state index contributed by atoms with van der Waals surface area (Å²) >= 11 is 0. The van der Waals surface area contributed by atoms with E-state index >= 15 is 0 Å². The second-order valence-corrected chi connectivity index (χ2v) is 5.50. The normalized spacial score (nSPS) is 16.6. The summed E-state index contributed by atoms with van der Waals surface area (Å²) in [7, 11) is 2.21. The number of aryl methyl sites for hydroxylation is 1. The summed E-state index contributed by atoms with van der Waals surface area (Å²) in [4.78, 5) is 4.96. The molecule has 0 aromatic heterocycles. The third kappa shape index (κ3) is 6.06. The van der Waals surface area contributed by atoms with Crippen LogP contribution in [0.3, 0.4) is 0 Å². The minimum Gasteiger partial charge on any atom is -0.304 e. The van der Waals surface area contributed by atoms with Crippen molar-refractivity contribution in [3.8, 4) is 0 Å². The maximum absolute atomic E-state index is 2.56. The summed E-state index contributed by atoms with van der Waals surface area (Å²) in [6.45, 7) is 12.2. The van der Waals surface area contributed by atoms with Gasteiger partial charge in [0, 0.05) is 32.7 Å². The van der Waals surface area contributed by atoms with Crippen molar-refractivity contribution in [1.29, 1.82) is 0 Å². The quantitative estimate of drug-likeness (QED) is 0.807. The Hall–Kier alpha value is -0.860. The lowest BCUT2D eigenvalue weighted by molar-refractivity contribution is 0.148. The lowest BCUT2D eigenvalue weighted by Crippen LogP contribution is -2.43. The monoisotopic (exact) mass is 276 g/mol. The first kappa shape index (κ1) is 17.2. The van der Waals surface area contributed by atoms with Crippen molar-refractivity contribution in [1.82, 2.24) is 9.80 Å². The van der Waals surface area contributed by atoms with E-state index in [-0.39, 0.29) is 0 Å². The van der Waals surface area contributed by atoms with Gasteiger partial charge in [0.05, 0.1) is 0 Å². The molecule has 1 aromatic rings. The predicted octanol–water partition coefficient (Wildman–Crippen LogP) is 3.80. The molecule has 0 aliphatic carbocycles. The molecular formula is C18H32N2. The molecule has 0 saturated carbocycles. The van der Waals surface area contributed by atoms with Crippen LogP contribution in [0.5, 0.6) is 0 Å². The van der Waals surface area contributed by atoms with Crippen LogP contribution in [0.15, 0.2) is 24.3 Å². The van der Waals surface area contributed by atoms with Crippen LogP contribution < -0.4 is 0 Å². The third-order valence-corrected chi connectivity index (χ3v) is 3.84. The van der Waals surface area contributed by atoms with Gasteiger partial charge in [-0.1, -0.05) is 51.5 Å². The van der Waals surface area contributed by atoms with Crippen molar-refractivity contribution in [2.24, 2.45) is 0 Å². The molecule has 114 valence electrons. The minimum absolute atomic E-state index is 1.11. The fourth-order valence-corrected chi connectivity index (χ4v) is 2.46. The average molecular weight is 276 g/mol. The van der Waals surface area contributed by atoms with Gasteiger partial charge >= 0.3 is 0 Å². The van der Waals surface area contributed by atoms with Crippen molar-refractivity contribution in [2.45, 2.75) is 46.6 Å². The maximum Gasteiger partial charge on any atom is 0.0234 e. The molecule has 2 heteroatoms. The topological polar surface area (TPSA) is 6.48 Å². The summed E-state index contributed by atoms with van der Waals surface area (Å²) in [6.07, 6.45) is 3.81. The number of hydrogen-bond acceptors (Lipinski definition) is 2. The van der Waals surface area contributed by atoms with Crippen LogP contribution in [0.1, 0.15) is 44.7 Å². The standard InChI is InChI=1S/C16H26N2.C2H6/c1-3-4-5-15-6-8-16(9-7-15)14-18-12-10-17(2)11-13-18;1-2/h6-9H,3-5,10-14H2,1-2H3;1-2H3. The highest BCUT2D eigenvalue weighted by Crippen LogP contribution is 2.11. The van der Waals surface area contributed by atoms with E-state index in [2.05, 4.69) is 48.0 Å². The van der Waals surface area contributed by atoms with Gasteiger partial charge in [-0.3, -0.25) is 4.90 Å². The van der Waals surface area contributed by atoms with E-state index in [1.165, 1.54) is 56.6 Å². The highest BCUT2D eigenvalue weighted by atomic mass is 15.2. The molecule has 0 N–H and O–H groups in total. The van der Waals surface area contributed by atoms with E-state index in [1.807, 2.05) is 13.8 Å². The molecule has 1 aromatic carbocycles. The zero-order chi connectivity index (χ0) is 14.8. The molecule has 20 heavy (non-hydrogen) atoms. The van der Waals surface area contributed by atoms with Gasteiger partial charge in [0.15, 0.2) is 0 Å². The van der Waals surface area contributed by atoms with Crippen LogP contribution in [0.2, 0.25) is 0 Å². The van der Waals surface area contributed by atoms with Crippen LogP contribution in [0.4, 0.5) is 0 Å². The van der Waals surface area contributed by atoms with Crippen molar-refractivity contribution < 1.29 is 0 Å². The van der Waals surface area contributed by atoms with Crippen molar-refractivity contribution >= 4 is 0 Å². The Labute approximate surface area is 125 Å². The Morgan fingerprint density at radius 3 is 2.00 bits per heavy atom. The molecule has 0 radical (unpaired) electrons. The predicted molar refractivity (Wildman–Crippen MR) is 89.2 cm³/mol. The third-order valence-electron chi connectivity index (χ3n) is 3.84. The summed E-state index contributed by atoms with van der Waals surface area (Å²) in [5.41, 5.74) is 2.94. The Morgan fingerprint density at radius 2 is 1.45 bits per heavy atom. The van der Waals surface area contributed by atoms with Crippen LogP contribution in [-0.4, -0.2) is 43.0 Å². The van der Waals surface area contributed by atoms with E-state index < -0.39 is 0 Å². The average Bonchev–Trinajstić information content (AvgIpc) is 2.51. The summed E-state index contributed by atoms with van der Waals surface area (Å²) in [5, 5.41) is 0. The van der Waals surface area contributed by atoms with Gasteiger partial charge in [-0.2, -0.15) is 0 Å². The minimum atomic E-state index is 1.11. The molecule has 1 aliphatic heterocycles. The lowest BCUT2D eigenvalue weighted by Gasteiger charge is -2.32. The molecule has 2 nitrogen and oxygen atoms in total. The molecule has 1 fully saturated rings. The summed E-state index contributed by atoms with van der Waals surface area (Å²) in [5.74, 6) is 0. The molecule has 0 spiro atoms. The first-order chi connectivity index (χ1) is 9.78. The van der Waals surface area contributed by atoms with Gasteiger partial charge in [0.2, 0.25) is 0 Å². The molecule has 1 aliphatic rings. The largest absolute Gasteiger partial charge is 0.304 e. The number of nitrogens with zero attached hydrogens (tertiary/aromatic N) is 2. The molecule has 0 atom stereocenters. The lowest BCUT2D eigenvalue weighted by atomic mass is 10.1. The second-order valence-electron chi connectivity index (χ2n) is 5.50. The van der Waals surface area contributed by atoms with Crippen LogP contribution in [-0.2, 0) is 13.0 Å².